The predicted molar refractivity (Wildman–Crippen MR) is 304 cm³/mol. The van der Waals surface area contributed by atoms with Crippen molar-refractivity contribution in [3.63, 3.8) is 0 Å². The molecule has 4 fully saturated rings. The number of phosphoric acid groups is 2. The maximum Gasteiger partial charge on any atom is 0.472 e. The van der Waals surface area contributed by atoms with Crippen LogP contribution in [0.15, 0.2) is 23.8 Å². The number of nitrogen functional groups attached to an aromatic ring is 1. The van der Waals surface area contributed by atoms with Crippen molar-refractivity contribution >= 4 is 73.4 Å². The number of aliphatic hydroxyl groups excluding tert-OH is 4. The smallest absolute Gasteiger partial charge is 0.387 e. The molecule has 37 nitrogen and oxygen atoms in total. The maximum atomic E-state index is 12.6. The number of nitrogens with two attached hydrogens (primary N) is 1. The van der Waals surface area contributed by atoms with Gasteiger partial charge in [-0.05, 0) is 12.8 Å². The highest BCUT2D eigenvalue weighted by molar-refractivity contribution is 8.00. The van der Waals surface area contributed by atoms with Crippen molar-refractivity contribution in [2.45, 2.75) is 92.1 Å². The number of carbonyl (C=O) groups is 2. The number of thioether (sulfide) groups is 1. The molecule has 4 saturated heterocycles. The third-order valence-corrected chi connectivity index (χ3v) is 17.3. The van der Waals surface area contributed by atoms with Gasteiger partial charge in [0.25, 0.3) is 5.56 Å². The van der Waals surface area contributed by atoms with Crippen LogP contribution >= 0.6 is 27.4 Å². The molecule has 0 aromatic carbocycles. The predicted octanol–water partition coefficient (Wildman–Crippen LogP) is -2.58. The molecule has 4 aromatic rings. The van der Waals surface area contributed by atoms with Crippen LogP contribution in [0.4, 0.5) is 16.6 Å². The lowest BCUT2D eigenvalue weighted by molar-refractivity contribution is -0.121. The van der Waals surface area contributed by atoms with E-state index in [0.717, 1.165) is 29.6 Å². The summed E-state index contributed by atoms with van der Waals surface area (Å²) in [6.45, 7) is 1.54. The van der Waals surface area contributed by atoms with Crippen LogP contribution in [-0.2, 0) is 74.7 Å². The van der Waals surface area contributed by atoms with E-state index in [-0.39, 0.29) is 133 Å². The topological polar surface area (TPSA) is 491 Å². The molecule has 0 saturated carbocycles. The Hall–Kier alpha value is -4.71. The summed E-state index contributed by atoms with van der Waals surface area (Å²) in [4.78, 5) is 79.5. The fourth-order valence-electron chi connectivity index (χ4n) is 9.56. The van der Waals surface area contributed by atoms with Gasteiger partial charge in [-0.2, -0.15) is 16.7 Å². The summed E-state index contributed by atoms with van der Waals surface area (Å²) >= 11 is 1.86. The average molecular weight is 1310 g/mol. The zero-order valence-corrected chi connectivity index (χ0v) is 50.4. The number of aliphatic hydroxyl groups is 4. The summed E-state index contributed by atoms with van der Waals surface area (Å²) in [5.74, 6) is 1.05. The lowest BCUT2D eigenvalue weighted by Crippen LogP contribution is -2.36. The standard InChI is InChI=1S/C48H77N13O24P2S/c49-47-58-43-36(44(67)59-47)61(28-55-43)46-40(66)38(64)31(85-46)24-83-87(71,72)81-22-20-79-18-16-77-14-12-75-11-13-76-15-17-78-19-21-80-86(69,70)82-23-30-37(63)39(65)45(84-30)60-27-54-42-35(60)41(52-26-53-42)51-6-8-74-10-9-73-7-5-50-33(62)4-2-1-3-32-34-29(25-88-32)56-48(68)57-34/h26-32,34,37-40,45-46,63-66H,1-25H2,(H,50,62)(H,69,70)(H,71,72)(H,51,52,53)(H2,56,57,68)(H3,49,58,59,67)/t29-,30+,31+,32-,34-,37+,38+,39+,40+,45+,46+/m0/s1. The summed E-state index contributed by atoms with van der Waals surface area (Å²) in [7, 11) is -9.27. The number of aromatic nitrogens is 8. The molecule has 8 heterocycles. The van der Waals surface area contributed by atoms with Gasteiger partial charge in [-0.15, -0.1) is 0 Å². The number of nitrogens with zero attached hydrogens (tertiary/aromatic N) is 7. The van der Waals surface area contributed by atoms with Crippen LogP contribution in [-0.4, -0.2) is 273 Å². The number of hydrogen-bond donors (Lipinski definition) is 12. The molecule has 13 atom stereocenters. The second kappa shape index (κ2) is 34.6. The normalized spacial score (nSPS) is 25.7. The number of nitrogens with one attached hydrogen (secondary N) is 5. The summed E-state index contributed by atoms with van der Waals surface area (Å²) in [6.07, 6.45) is -4.27. The molecule has 4 aliphatic rings. The number of fused-ring (bicyclic) bond motifs is 3. The number of unbranched alkanes of at least 4 members (excludes halogenated alkanes) is 1. The van der Waals surface area contributed by atoms with E-state index in [1.54, 1.807) is 0 Å². The molecule has 0 aliphatic carbocycles. The van der Waals surface area contributed by atoms with Crippen LogP contribution in [0.2, 0.25) is 0 Å². The number of ether oxygens (including phenoxy) is 9. The van der Waals surface area contributed by atoms with Gasteiger partial charge in [-0.3, -0.25) is 41.8 Å². The molecule has 0 spiro atoms. The summed E-state index contributed by atoms with van der Waals surface area (Å²) in [5, 5.41) is 55.2. The molecule has 40 heteroatoms. The van der Waals surface area contributed by atoms with E-state index >= 15 is 0 Å². The van der Waals surface area contributed by atoms with E-state index in [4.69, 9.17) is 66.5 Å². The fourth-order valence-corrected chi connectivity index (χ4v) is 12.5. The summed E-state index contributed by atoms with van der Waals surface area (Å²) in [6, 6.07) is 0.257. The van der Waals surface area contributed by atoms with Gasteiger partial charge in [-0.25, -0.2) is 33.9 Å². The van der Waals surface area contributed by atoms with Crippen molar-refractivity contribution in [1.29, 1.82) is 0 Å². The Balaban J connectivity index is 0.579. The van der Waals surface area contributed by atoms with Crippen molar-refractivity contribution < 1.29 is 110 Å². The van der Waals surface area contributed by atoms with Crippen LogP contribution in [0.25, 0.3) is 22.3 Å². The molecule has 88 heavy (non-hydrogen) atoms. The zero-order chi connectivity index (χ0) is 62.5. The van der Waals surface area contributed by atoms with Gasteiger partial charge in [0, 0.05) is 30.5 Å². The molecular formula is C48H77N13O24P2S. The molecular weight excluding hydrogens is 1240 g/mol. The molecule has 3 amide bonds. The monoisotopic (exact) mass is 1310 g/mol. The first kappa shape index (κ1) is 69.2. The number of hydrogen-bond acceptors (Lipinski definition) is 30. The number of phosphoric ester groups is 2. The molecule has 4 aromatic heterocycles. The van der Waals surface area contributed by atoms with Gasteiger partial charge in [0.2, 0.25) is 11.9 Å². The number of imidazole rings is 2. The van der Waals surface area contributed by atoms with E-state index in [1.807, 2.05) is 11.8 Å². The van der Waals surface area contributed by atoms with Crippen molar-refractivity contribution in [2.24, 2.45) is 0 Å². The molecule has 494 valence electrons. The SMILES string of the molecule is Nc1nc2ncn([C@@H]3O[C@H](COP(=O)(O)OCCOCCOCCOCCOCCOCCOP(=O)(O)OC[C@H]4O[C@@H](n5cnc6ncnc(NCCOCCOCCNC(=O)CCCC[C@@H]7SC[C@@H]8NC(=O)N[C@@H]87)c65)[C@H](O)[C@@H]4O)[C@@H](O)[C@H]3O)c2c(=O)[nH]1. The number of rotatable bonds is 43. The van der Waals surface area contributed by atoms with Crippen LogP contribution in [0.3, 0.4) is 0 Å². The number of H-pyrrole nitrogens is 1. The molecule has 0 radical (unpaired) electrons. The van der Waals surface area contributed by atoms with E-state index < -0.39 is 83.5 Å². The van der Waals surface area contributed by atoms with Gasteiger partial charge in [-0.1, -0.05) is 6.42 Å². The van der Waals surface area contributed by atoms with Crippen LogP contribution in [0, 0.1) is 0 Å². The Labute approximate surface area is 506 Å². The Morgan fingerprint density at radius 1 is 0.648 bits per heavy atom. The van der Waals surface area contributed by atoms with Crippen molar-refractivity contribution in [3.8, 4) is 0 Å². The lowest BCUT2D eigenvalue weighted by Gasteiger charge is -2.18. The van der Waals surface area contributed by atoms with Gasteiger partial charge < -0.3 is 99.8 Å². The Morgan fingerprint density at radius 3 is 1.73 bits per heavy atom. The molecule has 0 bridgehead atoms. The third kappa shape index (κ3) is 20.4. The van der Waals surface area contributed by atoms with E-state index in [2.05, 4.69) is 51.2 Å². The van der Waals surface area contributed by atoms with Crippen molar-refractivity contribution in [3.05, 3.63) is 29.3 Å². The first-order valence-corrected chi connectivity index (χ1v) is 32.4. The minimum Gasteiger partial charge on any atom is -0.387 e. The summed E-state index contributed by atoms with van der Waals surface area (Å²) < 4.78 is 97.3. The number of carbonyl (C=O) groups excluding carboxylic acids is 2. The Morgan fingerprint density at radius 2 is 1.16 bits per heavy atom. The Kier molecular flexibility index (Phi) is 27.2. The summed E-state index contributed by atoms with van der Waals surface area (Å²) in [5.41, 5.74) is 5.41. The molecule has 2 unspecified atom stereocenters. The van der Waals surface area contributed by atoms with Gasteiger partial charge in [0.15, 0.2) is 35.1 Å². The highest BCUT2D eigenvalue weighted by Gasteiger charge is 2.47. The first-order valence-electron chi connectivity index (χ1n) is 28.4. The highest BCUT2D eigenvalue weighted by atomic mass is 32.2. The van der Waals surface area contributed by atoms with Gasteiger partial charge in [0.1, 0.15) is 61.1 Å². The molecule has 13 N–H and O–H groups in total. The quantitative estimate of drug-likeness (QED) is 0.0123. The fraction of sp³-hybridized carbons (Fsp3) is 0.750. The second-order valence-electron chi connectivity index (χ2n) is 20.0. The second-order valence-corrected chi connectivity index (χ2v) is 24.2. The Bertz CT molecular complexity index is 2980. The van der Waals surface area contributed by atoms with E-state index in [9.17, 15) is 53.7 Å². The lowest BCUT2D eigenvalue weighted by atomic mass is 10.0. The number of amides is 3. The van der Waals surface area contributed by atoms with Crippen molar-refractivity contribution in [1.82, 2.24) is 55.0 Å². The number of anilines is 2. The first-order chi connectivity index (χ1) is 42.5. The van der Waals surface area contributed by atoms with Crippen LogP contribution < -0.4 is 32.6 Å². The number of urea groups is 1. The van der Waals surface area contributed by atoms with Crippen molar-refractivity contribution in [2.75, 3.05) is 149 Å². The minimum atomic E-state index is -4.64. The van der Waals surface area contributed by atoms with Gasteiger partial charge in [0.05, 0.1) is 131 Å². The average Bonchev–Trinajstić information content (AvgIpc) is 2.07. The van der Waals surface area contributed by atoms with E-state index in [0.29, 0.717) is 55.9 Å². The zero-order valence-electron chi connectivity index (χ0n) is 47.8. The molecule has 8 rings (SSSR count). The maximum absolute atomic E-state index is 12.6. The van der Waals surface area contributed by atoms with Gasteiger partial charge >= 0.3 is 21.7 Å². The van der Waals surface area contributed by atoms with E-state index in [1.165, 1.54) is 23.5 Å². The highest BCUT2D eigenvalue weighted by Crippen LogP contribution is 2.46. The minimum absolute atomic E-state index is 0.0186. The van der Waals surface area contributed by atoms with Crippen LogP contribution in [0.5, 0.6) is 0 Å². The van der Waals surface area contributed by atoms with Crippen LogP contribution in [0.1, 0.15) is 38.1 Å². The molecule has 4 aliphatic heterocycles. The number of aromatic amines is 1. The third-order valence-electron chi connectivity index (χ3n) is 13.9. The largest absolute Gasteiger partial charge is 0.472 e.